The number of hydrogen-bond acceptors (Lipinski definition) is 3. The maximum absolute atomic E-state index is 12.1. The molecular formula is C12H13BrF2O3. The minimum absolute atomic E-state index is 0.0153. The molecule has 0 unspecified atom stereocenters. The fraction of sp³-hybridized carbons (Fsp3) is 0.417. The van der Waals surface area contributed by atoms with Crippen LogP contribution in [0.4, 0.5) is 8.78 Å². The number of benzene rings is 1. The van der Waals surface area contributed by atoms with Crippen molar-refractivity contribution in [2.75, 3.05) is 11.9 Å². The number of alkyl halides is 3. The van der Waals surface area contributed by atoms with Crippen molar-refractivity contribution in [2.45, 2.75) is 20.0 Å². The predicted octanol–water partition coefficient (Wildman–Crippen LogP) is 3.19. The molecule has 0 aromatic heterocycles. The van der Waals surface area contributed by atoms with Crippen molar-refractivity contribution < 1.29 is 23.0 Å². The van der Waals surface area contributed by atoms with Crippen LogP contribution in [0, 0.1) is 0 Å². The molecule has 0 bridgehead atoms. The Morgan fingerprint density at radius 1 is 1.44 bits per heavy atom. The van der Waals surface area contributed by atoms with Gasteiger partial charge in [-0.25, -0.2) is 0 Å². The summed E-state index contributed by atoms with van der Waals surface area (Å²) < 4.78 is 33.8. The normalized spacial score (nSPS) is 10.5. The van der Waals surface area contributed by atoms with Gasteiger partial charge in [0.1, 0.15) is 17.3 Å². The van der Waals surface area contributed by atoms with Crippen molar-refractivity contribution >= 4 is 21.7 Å². The summed E-state index contributed by atoms with van der Waals surface area (Å²) in [7, 11) is 0. The van der Waals surface area contributed by atoms with Gasteiger partial charge in [-0.15, -0.1) is 0 Å². The van der Waals surface area contributed by atoms with Gasteiger partial charge in [0.15, 0.2) is 0 Å². The Morgan fingerprint density at radius 3 is 2.72 bits per heavy atom. The van der Waals surface area contributed by atoms with Crippen molar-refractivity contribution in [3.63, 3.8) is 0 Å². The molecule has 100 valence electrons. The zero-order chi connectivity index (χ0) is 13.5. The molecular weight excluding hydrogens is 310 g/mol. The third-order valence-electron chi connectivity index (χ3n) is 2.10. The monoisotopic (exact) mass is 322 g/mol. The van der Waals surface area contributed by atoms with E-state index < -0.39 is 6.61 Å². The SMILES string of the molecule is CCOc1cc(OC(F)F)ccc1CC(=O)CBr. The fourth-order valence-corrected chi connectivity index (χ4v) is 1.60. The molecule has 0 amide bonds. The van der Waals surface area contributed by atoms with Gasteiger partial charge < -0.3 is 9.47 Å². The molecule has 0 aliphatic carbocycles. The Morgan fingerprint density at radius 2 is 2.17 bits per heavy atom. The molecule has 6 heteroatoms. The van der Waals surface area contributed by atoms with Gasteiger partial charge in [0, 0.05) is 18.1 Å². The first kappa shape index (κ1) is 14.9. The van der Waals surface area contributed by atoms with Gasteiger partial charge in [-0.3, -0.25) is 4.79 Å². The van der Waals surface area contributed by atoms with E-state index in [1.807, 2.05) is 0 Å². The number of carbonyl (C=O) groups excluding carboxylic acids is 1. The quantitative estimate of drug-likeness (QED) is 0.723. The molecule has 0 atom stereocenters. The summed E-state index contributed by atoms with van der Waals surface area (Å²) in [6, 6.07) is 4.32. The van der Waals surface area contributed by atoms with Crippen LogP contribution in [0.3, 0.4) is 0 Å². The molecule has 0 N–H and O–H groups in total. The maximum Gasteiger partial charge on any atom is 0.387 e. The number of ketones is 1. The number of carbonyl (C=O) groups is 1. The number of ether oxygens (including phenoxy) is 2. The Kier molecular flexibility index (Phi) is 6.04. The predicted molar refractivity (Wildman–Crippen MR) is 66.7 cm³/mol. The van der Waals surface area contributed by atoms with Crippen molar-refractivity contribution in [1.82, 2.24) is 0 Å². The molecule has 0 fully saturated rings. The summed E-state index contributed by atoms with van der Waals surface area (Å²) in [5, 5.41) is 0.244. The largest absolute Gasteiger partial charge is 0.493 e. The van der Waals surface area contributed by atoms with E-state index in [1.165, 1.54) is 12.1 Å². The first-order valence-corrected chi connectivity index (χ1v) is 6.47. The molecule has 1 aromatic rings. The molecule has 3 nitrogen and oxygen atoms in total. The van der Waals surface area contributed by atoms with Crippen molar-refractivity contribution in [3.05, 3.63) is 23.8 Å². The fourth-order valence-electron chi connectivity index (χ4n) is 1.41. The molecule has 0 heterocycles. The number of rotatable bonds is 7. The molecule has 1 rings (SSSR count). The molecule has 0 radical (unpaired) electrons. The Hall–Kier alpha value is -1.17. The molecule has 0 spiro atoms. The molecule has 18 heavy (non-hydrogen) atoms. The highest BCUT2D eigenvalue weighted by molar-refractivity contribution is 9.09. The number of halogens is 3. The molecule has 0 saturated heterocycles. The number of Topliss-reactive ketones (excluding diaryl/α,β-unsaturated/α-hetero) is 1. The highest BCUT2D eigenvalue weighted by Gasteiger charge is 2.11. The van der Waals surface area contributed by atoms with Crippen LogP contribution in [0.25, 0.3) is 0 Å². The van der Waals surface area contributed by atoms with Gasteiger partial charge in [-0.05, 0) is 13.0 Å². The lowest BCUT2D eigenvalue weighted by atomic mass is 10.1. The average molecular weight is 323 g/mol. The Labute approximate surface area is 112 Å². The van der Waals surface area contributed by atoms with Crippen LogP contribution in [0.2, 0.25) is 0 Å². The van der Waals surface area contributed by atoms with E-state index in [0.717, 1.165) is 0 Å². The molecule has 0 saturated carbocycles. The first-order valence-electron chi connectivity index (χ1n) is 5.35. The van der Waals surface area contributed by atoms with E-state index in [1.54, 1.807) is 13.0 Å². The standard InChI is InChI=1S/C12H13BrF2O3/c1-2-17-11-6-10(18-12(14)15)4-3-8(11)5-9(16)7-13/h3-4,6,12H,2,5,7H2,1H3. The minimum atomic E-state index is -2.88. The zero-order valence-corrected chi connectivity index (χ0v) is 11.4. The summed E-state index contributed by atoms with van der Waals surface area (Å²) in [5.74, 6) is 0.395. The van der Waals surface area contributed by atoms with Crippen LogP contribution in [0.1, 0.15) is 12.5 Å². The summed E-state index contributed by atoms with van der Waals surface area (Å²) in [6.07, 6.45) is 0.190. The Balaban J connectivity index is 2.92. The van der Waals surface area contributed by atoms with Gasteiger partial charge in [0.25, 0.3) is 0 Å². The summed E-state index contributed by atoms with van der Waals surface area (Å²) in [6.45, 7) is -0.723. The van der Waals surface area contributed by atoms with E-state index in [9.17, 15) is 13.6 Å². The van der Waals surface area contributed by atoms with Crippen molar-refractivity contribution in [1.29, 1.82) is 0 Å². The summed E-state index contributed by atoms with van der Waals surface area (Å²) >= 11 is 3.07. The van der Waals surface area contributed by atoms with Crippen LogP contribution in [0.5, 0.6) is 11.5 Å². The zero-order valence-electron chi connectivity index (χ0n) is 9.79. The molecule has 0 aliphatic heterocycles. The lowest BCUT2D eigenvalue weighted by Crippen LogP contribution is -2.07. The lowest BCUT2D eigenvalue weighted by molar-refractivity contribution is -0.115. The van der Waals surface area contributed by atoms with Crippen molar-refractivity contribution in [3.8, 4) is 11.5 Å². The van der Waals surface area contributed by atoms with E-state index in [4.69, 9.17) is 4.74 Å². The Bertz CT molecular complexity index is 410. The van der Waals surface area contributed by atoms with Crippen LogP contribution in [-0.4, -0.2) is 24.3 Å². The van der Waals surface area contributed by atoms with E-state index in [0.29, 0.717) is 17.9 Å². The van der Waals surface area contributed by atoms with Gasteiger partial charge >= 0.3 is 6.61 Å². The first-order chi connectivity index (χ1) is 8.56. The van der Waals surface area contributed by atoms with E-state index >= 15 is 0 Å². The number of hydrogen-bond donors (Lipinski definition) is 0. The van der Waals surface area contributed by atoms with E-state index in [-0.39, 0.29) is 23.3 Å². The van der Waals surface area contributed by atoms with Crippen molar-refractivity contribution in [2.24, 2.45) is 0 Å². The van der Waals surface area contributed by atoms with Crippen LogP contribution >= 0.6 is 15.9 Å². The minimum Gasteiger partial charge on any atom is -0.493 e. The van der Waals surface area contributed by atoms with Crippen LogP contribution < -0.4 is 9.47 Å². The van der Waals surface area contributed by atoms with Gasteiger partial charge in [0.2, 0.25) is 0 Å². The highest BCUT2D eigenvalue weighted by atomic mass is 79.9. The highest BCUT2D eigenvalue weighted by Crippen LogP contribution is 2.26. The maximum atomic E-state index is 12.1. The van der Waals surface area contributed by atoms with Gasteiger partial charge in [0.05, 0.1) is 11.9 Å². The molecule has 0 aliphatic rings. The van der Waals surface area contributed by atoms with Gasteiger partial charge in [-0.2, -0.15) is 8.78 Å². The second-order valence-corrected chi connectivity index (χ2v) is 3.99. The second-order valence-electron chi connectivity index (χ2n) is 3.43. The van der Waals surface area contributed by atoms with Crippen LogP contribution in [-0.2, 0) is 11.2 Å². The second kappa shape index (κ2) is 7.31. The summed E-state index contributed by atoms with van der Waals surface area (Å²) in [5.41, 5.74) is 0.655. The van der Waals surface area contributed by atoms with Crippen LogP contribution in [0.15, 0.2) is 18.2 Å². The van der Waals surface area contributed by atoms with Gasteiger partial charge in [-0.1, -0.05) is 22.0 Å². The average Bonchev–Trinajstić information content (AvgIpc) is 2.32. The topological polar surface area (TPSA) is 35.5 Å². The smallest absolute Gasteiger partial charge is 0.387 e. The summed E-state index contributed by atoms with van der Waals surface area (Å²) in [4.78, 5) is 11.3. The third kappa shape index (κ3) is 4.60. The van der Waals surface area contributed by atoms with E-state index in [2.05, 4.69) is 20.7 Å². The molecule has 1 aromatic carbocycles. The lowest BCUT2D eigenvalue weighted by Gasteiger charge is -2.12. The third-order valence-corrected chi connectivity index (χ3v) is 2.73.